The molecule has 0 spiro atoms. The van der Waals surface area contributed by atoms with Gasteiger partial charge in [-0.2, -0.15) is 5.10 Å². The van der Waals surface area contributed by atoms with Crippen molar-refractivity contribution in [3.05, 3.63) is 34.8 Å². The molecule has 126 valence electrons. The van der Waals surface area contributed by atoms with Crippen molar-refractivity contribution in [2.24, 2.45) is 12.8 Å². The minimum Gasteiger partial charge on any atom is -0.346 e. The number of hydrogen-bond acceptors (Lipinski definition) is 5. The predicted molar refractivity (Wildman–Crippen MR) is 97.2 cm³/mol. The molecule has 1 amide bonds. The molecule has 6 nitrogen and oxygen atoms in total. The van der Waals surface area contributed by atoms with E-state index in [-0.39, 0.29) is 5.91 Å². The maximum Gasteiger partial charge on any atom is 0.252 e. The topological polar surface area (TPSA) is 85.8 Å². The molecule has 0 bridgehead atoms. The van der Waals surface area contributed by atoms with E-state index in [4.69, 9.17) is 10.7 Å². The molecule has 0 saturated heterocycles. The summed E-state index contributed by atoms with van der Waals surface area (Å²) in [4.78, 5) is 18.6. The average molecular weight is 343 g/mol. The molecule has 0 radical (unpaired) electrons. The van der Waals surface area contributed by atoms with E-state index < -0.39 is 5.54 Å². The molecule has 3 aromatic rings. The molecular formula is C17H21N5OS. The maximum absolute atomic E-state index is 12.9. The fraction of sp³-hybridized carbons (Fsp3) is 0.353. The number of nitrogens with one attached hydrogen (secondary N) is 1. The monoisotopic (exact) mass is 343 g/mol. The van der Waals surface area contributed by atoms with Gasteiger partial charge < -0.3 is 11.1 Å². The first-order chi connectivity index (χ1) is 11.3. The molecule has 0 aliphatic heterocycles. The number of rotatable bonds is 4. The van der Waals surface area contributed by atoms with Crippen molar-refractivity contribution in [1.29, 1.82) is 0 Å². The summed E-state index contributed by atoms with van der Waals surface area (Å²) in [7, 11) is 1.84. The number of carbonyl (C=O) groups is 1. The van der Waals surface area contributed by atoms with Crippen LogP contribution in [-0.4, -0.2) is 32.8 Å². The van der Waals surface area contributed by atoms with Crippen LogP contribution >= 0.6 is 11.3 Å². The van der Waals surface area contributed by atoms with Crippen LogP contribution in [0.15, 0.2) is 23.6 Å². The Kier molecular flexibility index (Phi) is 4.15. The first-order valence-corrected chi connectivity index (χ1v) is 8.61. The number of aromatic nitrogens is 3. The van der Waals surface area contributed by atoms with E-state index in [2.05, 4.69) is 10.4 Å². The molecule has 24 heavy (non-hydrogen) atoms. The van der Waals surface area contributed by atoms with Crippen molar-refractivity contribution in [3.8, 4) is 10.6 Å². The Morgan fingerprint density at radius 2 is 2.21 bits per heavy atom. The number of thiophene rings is 1. The summed E-state index contributed by atoms with van der Waals surface area (Å²) < 4.78 is 1.71. The molecule has 0 aromatic carbocycles. The van der Waals surface area contributed by atoms with Crippen LogP contribution in [0.5, 0.6) is 0 Å². The van der Waals surface area contributed by atoms with Crippen molar-refractivity contribution >= 4 is 28.3 Å². The molecule has 0 aliphatic rings. The normalized spacial score (nSPS) is 11.9. The Labute approximate surface area is 144 Å². The van der Waals surface area contributed by atoms with E-state index in [9.17, 15) is 4.79 Å². The van der Waals surface area contributed by atoms with Gasteiger partial charge in [-0.3, -0.25) is 9.48 Å². The van der Waals surface area contributed by atoms with Gasteiger partial charge >= 0.3 is 0 Å². The third-order valence-electron chi connectivity index (χ3n) is 3.95. The largest absolute Gasteiger partial charge is 0.346 e. The van der Waals surface area contributed by atoms with Crippen molar-refractivity contribution in [2.45, 2.75) is 26.3 Å². The van der Waals surface area contributed by atoms with E-state index in [1.807, 2.05) is 51.4 Å². The second-order valence-electron chi connectivity index (χ2n) is 6.48. The van der Waals surface area contributed by atoms with Gasteiger partial charge in [-0.1, -0.05) is 6.07 Å². The standard InChI is InChI=1S/C17H21N5OS/c1-10-14-11(16(23)20-17(2,3)9-18)8-12(13-6-5-7-24-13)19-15(14)22(4)21-10/h5-8H,9,18H2,1-4H3,(H,20,23). The highest BCUT2D eigenvalue weighted by molar-refractivity contribution is 7.13. The molecule has 0 saturated carbocycles. The number of carbonyl (C=O) groups excluding carboxylic acids is 1. The third-order valence-corrected chi connectivity index (χ3v) is 4.84. The van der Waals surface area contributed by atoms with Gasteiger partial charge in [0, 0.05) is 19.1 Å². The third kappa shape index (κ3) is 2.92. The lowest BCUT2D eigenvalue weighted by Crippen LogP contribution is -2.48. The minimum atomic E-state index is -0.480. The van der Waals surface area contributed by atoms with E-state index in [1.165, 1.54) is 0 Å². The van der Waals surface area contributed by atoms with Crippen molar-refractivity contribution in [2.75, 3.05) is 6.54 Å². The summed E-state index contributed by atoms with van der Waals surface area (Å²) in [5, 5.41) is 10.2. The first kappa shape index (κ1) is 16.6. The summed E-state index contributed by atoms with van der Waals surface area (Å²) in [5.41, 5.74) is 8.11. The van der Waals surface area contributed by atoms with E-state index >= 15 is 0 Å². The van der Waals surface area contributed by atoms with Gasteiger partial charge in [-0.25, -0.2) is 4.98 Å². The lowest BCUT2D eigenvalue weighted by molar-refractivity contribution is 0.0917. The molecule has 3 heterocycles. The quantitative estimate of drug-likeness (QED) is 0.762. The van der Waals surface area contributed by atoms with Gasteiger partial charge in [0.05, 0.1) is 27.2 Å². The number of pyridine rings is 1. The second kappa shape index (κ2) is 5.99. The lowest BCUT2D eigenvalue weighted by atomic mass is 10.0. The van der Waals surface area contributed by atoms with E-state index in [0.29, 0.717) is 17.8 Å². The highest BCUT2D eigenvalue weighted by Crippen LogP contribution is 2.29. The van der Waals surface area contributed by atoms with Crippen LogP contribution in [0, 0.1) is 6.92 Å². The van der Waals surface area contributed by atoms with Crippen molar-refractivity contribution < 1.29 is 4.79 Å². The number of nitrogens with zero attached hydrogens (tertiary/aromatic N) is 3. The molecule has 7 heteroatoms. The highest BCUT2D eigenvalue weighted by atomic mass is 32.1. The smallest absolute Gasteiger partial charge is 0.252 e. The van der Waals surface area contributed by atoms with Crippen LogP contribution in [0.1, 0.15) is 29.9 Å². The van der Waals surface area contributed by atoms with Gasteiger partial charge in [0.1, 0.15) is 0 Å². The number of amides is 1. The summed E-state index contributed by atoms with van der Waals surface area (Å²) in [6.45, 7) is 6.05. The van der Waals surface area contributed by atoms with Gasteiger partial charge in [0.15, 0.2) is 5.65 Å². The Bertz CT molecular complexity index is 895. The van der Waals surface area contributed by atoms with Crippen molar-refractivity contribution in [3.63, 3.8) is 0 Å². The van der Waals surface area contributed by atoms with Crippen LogP contribution in [0.4, 0.5) is 0 Å². The fourth-order valence-corrected chi connectivity index (χ4v) is 3.29. The first-order valence-electron chi connectivity index (χ1n) is 7.73. The highest BCUT2D eigenvalue weighted by Gasteiger charge is 2.24. The van der Waals surface area contributed by atoms with E-state index in [0.717, 1.165) is 21.7 Å². The summed E-state index contributed by atoms with van der Waals surface area (Å²) in [5.74, 6) is -0.160. The number of nitrogens with two attached hydrogens (primary N) is 1. The predicted octanol–water partition coefficient (Wildman–Crippen LogP) is 2.47. The SMILES string of the molecule is Cc1nn(C)c2nc(-c3cccs3)cc(C(=O)NC(C)(C)CN)c12. The Morgan fingerprint density at radius 3 is 2.83 bits per heavy atom. The maximum atomic E-state index is 12.9. The Balaban J connectivity index is 2.19. The molecular weight excluding hydrogens is 322 g/mol. The summed E-state index contributed by atoms with van der Waals surface area (Å²) >= 11 is 1.59. The van der Waals surface area contributed by atoms with Crippen molar-refractivity contribution in [1.82, 2.24) is 20.1 Å². The minimum absolute atomic E-state index is 0.160. The zero-order valence-electron chi connectivity index (χ0n) is 14.3. The Hall–Kier alpha value is -2.25. The molecule has 0 unspecified atom stereocenters. The molecule has 0 atom stereocenters. The average Bonchev–Trinajstić information content (AvgIpc) is 3.15. The number of fused-ring (bicyclic) bond motifs is 1. The van der Waals surface area contributed by atoms with Crippen LogP contribution in [0.2, 0.25) is 0 Å². The van der Waals surface area contributed by atoms with Gasteiger partial charge in [-0.05, 0) is 38.3 Å². The molecule has 0 aliphatic carbocycles. The van der Waals surface area contributed by atoms with Gasteiger partial charge in [0.2, 0.25) is 0 Å². The van der Waals surface area contributed by atoms with Crippen LogP contribution in [0.25, 0.3) is 21.6 Å². The van der Waals surface area contributed by atoms with E-state index in [1.54, 1.807) is 16.0 Å². The fourth-order valence-electron chi connectivity index (χ4n) is 2.60. The molecule has 3 N–H and O–H groups in total. The van der Waals surface area contributed by atoms with Crippen LogP contribution in [-0.2, 0) is 7.05 Å². The zero-order valence-corrected chi connectivity index (χ0v) is 15.1. The number of hydrogen-bond donors (Lipinski definition) is 2. The Morgan fingerprint density at radius 1 is 1.46 bits per heavy atom. The molecule has 3 rings (SSSR count). The van der Waals surface area contributed by atoms with Gasteiger partial charge in [-0.15, -0.1) is 11.3 Å². The lowest BCUT2D eigenvalue weighted by Gasteiger charge is -2.24. The summed E-state index contributed by atoms with van der Waals surface area (Å²) in [6.07, 6.45) is 0. The molecule has 0 fully saturated rings. The van der Waals surface area contributed by atoms with Crippen LogP contribution in [0.3, 0.4) is 0 Å². The summed E-state index contributed by atoms with van der Waals surface area (Å²) in [6, 6.07) is 5.80. The second-order valence-corrected chi connectivity index (χ2v) is 7.43. The molecule has 3 aromatic heterocycles. The van der Waals surface area contributed by atoms with Crippen LogP contribution < -0.4 is 11.1 Å². The zero-order chi connectivity index (χ0) is 17.5. The van der Waals surface area contributed by atoms with Gasteiger partial charge in [0.25, 0.3) is 5.91 Å². The number of aryl methyl sites for hydroxylation is 2.